The van der Waals surface area contributed by atoms with Gasteiger partial charge in [0.15, 0.2) is 5.25 Å². The zero-order chi connectivity index (χ0) is 51.8. The molecule has 2 N–H and O–H groups in total. The van der Waals surface area contributed by atoms with Crippen molar-refractivity contribution in [3.8, 4) is 0 Å². The maximum Gasteiger partial charge on any atom is 1.00 e. The van der Waals surface area contributed by atoms with E-state index in [2.05, 4.69) is 27.7 Å². The summed E-state index contributed by atoms with van der Waals surface area (Å²) in [6.45, 7) is 13.1. The molecule has 0 radical (unpaired) electrons. The van der Waals surface area contributed by atoms with Gasteiger partial charge in [-0.25, -0.2) is 8.42 Å². The third-order valence-electron chi connectivity index (χ3n) is 12.9. The van der Waals surface area contributed by atoms with Crippen LogP contribution in [0.1, 0.15) is 279 Å². The van der Waals surface area contributed by atoms with Crippen LogP contribution in [0.4, 0.5) is 0 Å². The predicted molar refractivity (Wildman–Crippen MR) is 277 cm³/mol. The molecule has 0 saturated carbocycles. The SMILES string of the molecule is CCCCC(CC)COC(=O)CC(C(=O)OCC(CC)CCCC)S(=O)(=O)[O-].CCCCCCCCCCCCCCCCCC(=O)OC(=O)CCC(N)C(=O)OCCCCCCCCCCCC.[Na+]. The summed E-state index contributed by atoms with van der Waals surface area (Å²) in [5.74, 6) is -3.33. The first kappa shape index (κ1) is 72.7. The molecule has 13 nitrogen and oxygen atoms in total. The number of hydrogen-bond acceptors (Lipinski definition) is 13. The predicted octanol–water partition coefficient (Wildman–Crippen LogP) is 10.7. The average molecular weight is 1030 g/mol. The number of rotatable bonds is 47. The van der Waals surface area contributed by atoms with Gasteiger partial charge in [0.1, 0.15) is 16.2 Å². The maximum absolute atomic E-state index is 12.1. The topological polar surface area (TPSA) is 205 Å². The van der Waals surface area contributed by atoms with Crippen LogP contribution in [0.15, 0.2) is 0 Å². The summed E-state index contributed by atoms with van der Waals surface area (Å²) in [5.41, 5.74) is 5.86. The molecule has 0 aromatic rings. The van der Waals surface area contributed by atoms with Gasteiger partial charge in [-0.3, -0.25) is 24.0 Å². The second-order valence-electron chi connectivity index (χ2n) is 19.4. The van der Waals surface area contributed by atoms with Crippen molar-refractivity contribution >= 4 is 40.0 Å². The molecule has 0 aliphatic carbocycles. The van der Waals surface area contributed by atoms with Crippen molar-refractivity contribution in [1.82, 2.24) is 0 Å². The van der Waals surface area contributed by atoms with Gasteiger partial charge in [-0.2, -0.15) is 0 Å². The van der Waals surface area contributed by atoms with Crippen LogP contribution in [0, 0.1) is 11.8 Å². The van der Waals surface area contributed by atoms with Gasteiger partial charge in [-0.15, -0.1) is 0 Å². The monoisotopic (exact) mass is 1030 g/mol. The molecule has 0 saturated heterocycles. The first-order valence-electron chi connectivity index (χ1n) is 28.1. The molecule has 4 unspecified atom stereocenters. The van der Waals surface area contributed by atoms with Gasteiger partial charge in [0.2, 0.25) is 0 Å². The van der Waals surface area contributed by atoms with Gasteiger partial charge in [-0.1, -0.05) is 228 Å². The molecule has 0 bridgehead atoms. The summed E-state index contributed by atoms with van der Waals surface area (Å²) in [6.07, 6.45) is 38.1. The van der Waals surface area contributed by atoms with E-state index in [-0.39, 0.29) is 73.9 Å². The van der Waals surface area contributed by atoms with Crippen molar-refractivity contribution in [2.24, 2.45) is 17.6 Å². The molecule has 0 aliphatic heterocycles. The molecule has 0 aromatic carbocycles. The van der Waals surface area contributed by atoms with Gasteiger partial charge in [0.25, 0.3) is 0 Å². The molecule has 0 aliphatic rings. The largest absolute Gasteiger partial charge is 1.00 e. The van der Waals surface area contributed by atoms with Crippen LogP contribution in [0.5, 0.6) is 0 Å². The van der Waals surface area contributed by atoms with Crippen molar-refractivity contribution in [3.63, 3.8) is 0 Å². The van der Waals surface area contributed by atoms with Crippen LogP contribution >= 0.6 is 0 Å². The summed E-state index contributed by atoms with van der Waals surface area (Å²) in [4.78, 5) is 60.1. The van der Waals surface area contributed by atoms with Crippen LogP contribution in [0.2, 0.25) is 0 Å². The molecule has 0 amide bonds. The Balaban J connectivity index is -0.00000135. The number of carbonyl (C=O) groups excluding carboxylic acids is 5. The van der Waals surface area contributed by atoms with Crippen molar-refractivity contribution < 1.29 is 85.4 Å². The second-order valence-corrected chi connectivity index (χ2v) is 20.9. The number of unbranched alkanes of at least 4 members (excludes halogenated alkanes) is 25. The van der Waals surface area contributed by atoms with Crippen LogP contribution in [-0.4, -0.2) is 73.9 Å². The summed E-state index contributed by atoms with van der Waals surface area (Å²) in [5, 5.41) is -2.06. The molecule has 4 atom stereocenters. The molecule has 0 rings (SSSR count). The van der Waals surface area contributed by atoms with E-state index in [1.807, 2.05) is 13.8 Å². The third kappa shape index (κ3) is 47.4. The van der Waals surface area contributed by atoms with Crippen molar-refractivity contribution in [1.29, 1.82) is 0 Å². The van der Waals surface area contributed by atoms with Crippen molar-refractivity contribution in [2.45, 2.75) is 290 Å². The fourth-order valence-corrected chi connectivity index (χ4v) is 8.59. The summed E-state index contributed by atoms with van der Waals surface area (Å²) in [7, 11) is -5.01. The normalized spacial score (nSPS) is 12.9. The van der Waals surface area contributed by atoms with Gasteiger partial charge >= 0.3 is 59.4 Å². The molecular weight excluding hydrogens is 922 g/mol. The fraction of sp³-hybridized carbons (Fsp3) is 0.909. The van der Waals surface area contributed by atoms with E-state index >= 15 is 0 Å². The molecule has 408 valence electrons. The summed E-state index contributed by atoms with van der Waals surface area (Å²) < 4.78 is 54.7. The van der Waals surface area contributed by atoms with Gasteiger partial charge in [-0.05, 0) is 43.9 Å². The molecule has 0 heterocycles. The quantitative estimate of drug-likeness (QED) is 0.0151. The minimum Gasteiger partial charge on any atom is -0.747 e. The molecule has 0 spiro atoms. The minimum absolute atomic E-state index is 0. The van der Waals surface area contributed by atoms with Gasteiger partial charge < -0.3 is 29.2 Å². The van der Waals surface area contributed by atoms with E-state index in [4.69, 9.17) is 24.7 Å². The van der Waals surface area contributed by atoms with Crippen molar-refractivity contribution in [3.05, 3.63) is 0 Å². The van der Waals surface area contributed by atoms with Crippen LogP contribution in [0.25, 0.3) is 0 Å². The second kappa shape index (κ2) is 52.3. The number of hydrogen-bond donors (Lipinski definition) is 1. The van der Waals surface area contributed by atoms with E-state index in [0.29, 0.717) is 6.61 Å². The number of esters is 5. The standard InChI is InChI=1S/C35H67NO5.C20H38O7S.Na/c1-3-5-7-9-11-13-15-16-17-18-19-20-22-24-26-28-33(37)41-34(38)30-29-32(36)35(39)40-31-27-25-23-21-14-12-10-8-6-4-2;1-5-9-11-16(7-3)14-26-19(21)13-18(28(23,24)25)20(22)27-15-17(8-4)12-10-6-2;/h32H,3-31,36H2,1-2H3;16-18H,5-15H2,1-4H3,(H,23,24,25);/q;;+1/p-1. The summed E-state index contributed by atoms with van der Waals surface area (Å²) in [6, 6.07) is -0.865. The van der Waals surface area contributed by atoms with Crippen LogP contribution in [0.3, 0.4) is 0 Å². The Bertz CT molecular complexity index is 1370. The zero-order valence-electron chi connectivity index (χ0n) is 46.0. The Morgan fingerprint density at radius 2 is 0.814 bits per heavy atom. The fourth-order valence-electron chi connectivity index (χ4n) is 7.94. The van der Waals surface area contributed by atoms with E-state index in [9.17, 15) is 36.9 Å². The Kier molecular flexibility index (Phi) is 54.3. The van der Waals surface area contributed by atoms with Gasteiger partial charge in [0, 0.05) is 12.8 Å². The first-order valence-corrected chi connectivity index (χ1v) is 29.6. The minimum atomic E-state index is -5.01. The average Bonchev–Trinajstić information content (AvgIpc) is 3.32. The molecule has 0 fully saturated rings. The molecule has 70 heavy (non-hydrogen) atoms. The Hall–Kier alpha value is -1.58. The Labute approximate surface area is 450 Å². The Morgan fingerprint density at radius 3 is 1.21 bits per heavy atom. The molecule has 0 aromatic heterocycles. The third-order valence-corrected chi connectivity index (χ3v) is 14.0. The summed E-state index contributed by atoms with van der Waals surface area (Å²) >= 11 is 0. The van der Waals surface area contributed by atoms with E-state index in [1.165, 1.54) is 122 Å². The Morgan fingerprint density at radius 1 is 0.443 bits per heavy atom. The van der Waals surface area contributed by atoms with Crippen molar-refractivity contribution in [2.75, 3.05) is 19.8 Å². The van der Waals surface area contributed by atoms with E-state index in [0.717, 1.165) is 89.9 Å². The maximum atomic E-state index is 12.1. The smallest absolute Gasteiger partial charge is 0.747 e. The van der Waals surface area contributed by atoms with Gasteiger partial charge in [0.05, 0.1) is 26.2 Å². The van der Waals surface area contributed by atoms with Crippen LogP contribution in [-0.2, 0) is 53.0 Å². The van der Waals surface area contributed by atoms with E-state index in [1.54, 1.807) is 0 Å². The molecular formula is C55H104NNaO12S. The zero-order valence-corrected chi connectivity index (χ0v) is 48.8. The first-order chi connectivity index (χ1) is 33.2. The number of nitrogens with two attached hydrogens (primary N) is 1. The van der Waals surface area contributed by atoms with Crippen LogP contribution < -0.4 is 35.3 Å². The number of carbonyl (C=O) groups is 5. The number of ether oxygens (including phenoxy) is 4. The molecule has 15 heteroatoms. The van der Waals surface area contributed by atoms with E-state index < -0.39 is 57.7 Å².